The standard InChI is InChI=1S/C8H5NO.C8H6/c10-8-5-6-3-1-2-4-7(6)9-8;1-2-8-6-4-3-5-7-8/h1-5H;1,3-7H. The molecule has 0 aromatic heterocycles. The number of benzene rings is 2. The van der Waals surface area contributed by atoms with Gasteiger partial charge in [-0.1, -0.05) is 42.3 Å². The number of terminal acetylenes is 1. The van der Waals surface area contributed by atoms with Gasteiger partial charge in [-0.05, 0) is 18.2 Å². The molecule has 3 rings (SSSR count). The number of hydrogen-bond acceptors (Lipinski definition) is 1. The minimum atomic E-state index is -0.152. The predicted octanol–water partition coefficient (Wildman–Crippen LogP) is 1.29. The molecule has 0 atom stereocenters. The summed E-state index contributed by atoms with van der Waals surface area (Å²) in [6, 6.07) is 17.1. The van der Waals surface area contributed by atoms with E-state index in [1.165, 1.54) is 6.08 Å². The Kier molecular flexibility index (Phi) is 3.68. The van der Waals surface area contributed by atoms with Gasteiger partial charge in [0.15, 0.2) is 0 Å². The number of carbonyl (C=O) groups is 1. The summed E-state index contributed by atoms with van der Waals surface area (Å²) in [6.07, 6.45) is 6.64. The van der Waals surface area contributed by atoms with Crippen molar-refractivity contribution in [2.75, 3.05) is 0 Å². The Labute approximate surface area is 105 Å². The lowest BCUT2D eigenvalue weighted by atomic mass is 10.2. The molecule has 2 aromatic carbocycles. The van der Waals surface area contributed by atoms with Gasteiger partial charge in [0.25, 0.3) is 5.91 Å². The van der Waals surface area contributed by atoms with Crippen LogP contribution < -0.4 is 10.6 Å². The number of nitrogens with zero attached hydrogens (tertiary/aromatic N) is 1. The number of rotatable bonds is 0. The first-order chi connectivity index (χ1) is 8.79. The summed E-state index contributed by atoms with van der Waals surface area (Å²) in [4.78, 5) is 14.4. The van der Waals surface area contributed by atoms with Crippen molar-refractivity contribution in [2.24, 2.45) is 4.99 Å². The highest BCUT2D eigenvalue weighted by atomic mass is 16.1. The molecule has 1 aliphatic rings. The molecule has 0 spiro atoms. The average molecular weight is 233 g/mol. The molecule has 2 heteroatoms. The zero-order chi connectivity index (χ0) is 12.8. The van der Waals surface area contributed by atoms with Crippen LogP contribution in [-0.4, -0.2) is 5.91 Å². The van der Waals surface area contributed by atoms with Crippen LogP contribution in [0.5, 0.6) is 0 Å². The smallest absolute Gasteiger partial charge is 0.267 e. The lowest BCUT2D eigenvalue weighted by Crippen LogP contribution is -2.19. The SMILES string of the molecule is C#Cc1ccccc1.O=C1C=c2ccccc2=N1. The molecule has 0 saturated heterocycles. The normalized spacial score (nSPS) is 11.2. The van der Waals surface area contributed by atoms with Crippen molar-refractivity contribution >= 4 is 12.0 Å². The summed E-state index contributed by atoms with van der Waals surface area (Å²) in [5.74, 6) is 2.38. The van der Waals surface area contributed by atoms with Crippen LogP contribution in [0.25, 0.3) is 6.08 Å². The van der Waals surface area contributed by atoms with Gasteiger partial charge in [-0.25, -0.2) is 4.99 Å². The molecule has 18 heavy (non-hydrogen) atoms. The van der Waals surface area contributed by atoms with Crippen LogP contribution in [0.15, 0.2) is 59.6 Å². The molecule has 0 radical (unpaired) electrons. The highest BCUT2D eigenvalue weighted by Gasteiger charge is 1.99. The average Bonchev–Trinajstić information content (AvgIpc) is 2.80. The van der Waals surface area contributed by atoms with Crippen molar-refractivity contribution in [1.82, 2.24) is 0 Å². The molecule has 1 heterocycles. The van der Waals surface area contributed by atoms with Crippen LogP contribution >= 0.6 is 0 Å². The Morgan fingerprint density at radius 2 is 1.61 bits per heavy atom. The summed E-state index contributed by atoms with van der Waals surface area (Å²) < 4.78 is 0. The second-order valence-corrected chi connectivity index (χ2v) is 3.66. The van der Waals surface area contributed by atoms with Crippen LogP contribution in [0.3, 0.4) is 0 Å². The molecule has 0 aliphatic carbocycles. The molecule has 1 aliphatic heterocycles. The number of carbonyl (C=O) groups excluding carboxylic acids is 1. The molecule has 0 bridgehead atoms. The molecule has 1 amide bonds. The number of hydrogen-bond donors (Lipinski definition) is 0. The Morgan fingerprint density at radius 1 is 0.944 bits per heavy atom. The van der Waals surface area contributed by atoms with Crippen molar-refractivity contribution < 1.29 is 4.79 Å². The number of para-hydroxylation sites is 1. The quantitative estimate of drug-likeness (QED) is 0.631. The first kappa shape index (κ1) is 11.8. The van der Waals surface area contributed by atoms with E-state index in [4.69, 9.17) is 6.42 Å². The van der Waals surface area contributed by atoms with E-state index in [1.54, 1.807) is 0 Å². The van der Waals surface area contributed by atoms with Crippen LogP contribution in [0.2, 0.25) is 0 Å². The minimum absolute atomic E-state index is 0.152. The second kappa shape index (κ2) is 5.60. The zero-order valence-corrected chi connectivity index (χ0v) is 9.71. The van der Waals surface area contributed by atoms with E-state index in [2.05, 4.69) is 10.9 Å². The van der Waals surface area contributed by atoms with Crippen molar-refractivity contribution in [3.05, 3.63) is 70.7 Å². The summed E-state index contributed by atoms with van der Waals surface area (Å²) in [6.45, 7) is 0. The fraction of sp³-hybridized carbons (Fsp3) is 0. The van der Waals surface area contributed by atoms with Gasteiger partial charge < -0.3 is 0 Å². The van der Waals surface area contributed by atoms with E-state index in [0.717, 1.165) is 16.1 Å². The van der Waals surface area contributed by atoms with Gasteiger partial charge in [-0.2, -0.15) is 0 Å². The molecule has 2 aromatic rings. The zero-order valence-electron chi connectivity index (χ0n) is 9.71. The molecule has 0 unspecified atom stereocenters. The summed E-state index contributed by atoms with van der Waals surface area (Å²) >= 11 is 0. The second-order valence-electron chi connectivity index (χ2n) is 3.66. The Bertz CT molecular complexity index is 672. The van der Waals surface area contributed by atoms with E-state index in [9.17, 15) is 4.79 Å². The van der Waals surface area contributed by atoms with Crippen molar-refractivity contribution in [1.29, 1.82) is 0 Å². The van der Waals surface area contributed by atoms with Crippen molar-refractivity contribution in [3.63, 3.8) is 0 Å². The van der Waals surface area contributed by atoms with Crippen molar-refractivity contribution in [2.45, 2.75) is 0 Å². The van der Waals surface area contributed by atoms with E-state index in [-0.39, 0.29) is 5.91 Å². The first-order valence-electron chi connectivity index (χ1n) is 5.51. The van der Waals surface area contributed by atoms with Crippen LogP contribution in [0, 0.1) is 12.3 Å². The Balaban J connectivity index is 0.000000138. The largest absolute Gasteiger partial charge is 0.270 e. The van der Waals surface area contributed by atoms with Crippen LogP contribution in [0.1, 0.15) is 5.56 Å². The highest BCUT2D eigenvalue weighted by molar-refractivity contribution is 6.06. The highest BCUT2D eigenvalue weighted by Crippen LogP contribution is 1.93. The van der Waals surface area contributed by atoms with E-state index >= 15 is 0 Å². The van der Waals surface area contributed by atoms with Crippen LogP contribution in [-0.2, 0) is 4.79 Å². The van der Waals surface area contributed by atoms with Crippen molar-refractivity contribution in [3.8, 4) is 12.3 Å². The molecular formula is C16H11NO. The maximum atomic E-state index is 10.7. The molecule has 86 valence electrons. The van der Waals surface area contributed by atoms with Gasteiger partial charge in [-0.15, -0.1) is 6.42 Å². The van der Waals surface area contributed by atoms with Gasteiger partial charge in [0.1, 0.15) is 0 Å². The predicted molar refractivity (Wildman–Crippen MR) is 71.1 cm³/mol. The number of amides is 1. The lowest BCUT2D eigenvalue weighted by Gasteiger charge is -1.82. The third kappa shape index (κ3) is 2.93. The monoisotopic (exact) mass is 233 g/mol. The molecule has 0 saturated carbocycles. The molecule has 0 fully saturated rings. The lowest BCUT2D eigenvalue weighted by molar-refractivity contribution is -0.112. The summed E-state index contributed by atoms with van der Waals surface area (Å²) in [7, 11) is 0. The maximum absolute atomic E-state index is 10.7. The molecule has 2 nitrogen and oxygen atoms in total. The Morgan fingerprint density at radius 3 is 2.22 bits per heavy atom. The minimum Gasteiger partial charge on any atom is -0.267 e. The Hall–Kier alpha value is -2.66. The van der Waals surface area contributed by atoms with Gasteiger partial charge in [0, 0.05) is 16.9 Å². The van der Waals surface area contributed by atoms with E-state index in [1.807, 2.05) is 54.6 Å². The van der Waals surface area contributed by atoms with E-state index in [0.29, 0.717) is 0 Å². The topological polar surface area (TPSA) is 29.4 Å². The van der Waals surface area contributed by atoms with Gasteiger partial charge in [-0.3, -0.25) is 4.79 Å². The third-order valence-corrected chi connectivity index (χ3v) is 2.39. The van der Waals surface area contributed by atoms with Gasteiger partial charge >= 0.3 is 0 Å². The first-order valence-corrected chi connectivity index (χ1v) is 5.51. The maximum Gasteiger partial charge on any atom is 0.270 e. The number of fused-ring (bicyclic) bond motifs is 1. The van der Waals surface area contributed by atoms with Crippen LogP contribution in [0.4, 0.5) is 0 Å². The van der Waals surface area contributed by atoms with E-state index < -0.39 is 0 Å². The fourth-order valence-electron chi connectivity index (χ4n) is 1.53. The molecule has 0 N–H and O–H groups in total. The summed E-state index contributed by atoms with van der Waals surface area (Å²) in [5.41, 5.74) is 0.938. The third-order valence-electron chi connectivity index (χ3n) is 2.39. The fourth-order valence-corrected chi connectivity index (χ4v) is 1.53. The van der Waals surface area contributed by atoms with Gasteiger partial charge in [0.05, 0.1) is 5.36 Å². The van der Waals surface area contributed by atoms with Gasteiger partial charge in [0.2, 0.25) is 0 Å². The molecular weight excluding hydrogens is 222 g/mol. The summed E-state index contributed by atoms with van der Waals surface area (Å²) in [5, 5.41) is 1.71.